The Labute approximate surface area is 128 Å². The van der Waals surface area contributed by atoms with Gasteiger partial charge in [-0.2, -0.15) is 4.31 Å². The van der Waals surface area contributed by atoms with Gasteiger partial charge in [-0.15, -0.1) is 23.7 Å². The van der Waals surface area contributed by atoms with Crippen LogP contribution in [0.1, 0.15) is 16.1 Å². The summed E-state index contributed by atoms with van der Waals surface area (Å²) in [5.74, 6) is -0.304. The Balaban J connectivity index is 0.00000200. The molecule has 0 amide bonds. The van der Waals surface area contributed by atoms with Gasteiger partial charge < -0.3 is 10.5 Å². The SMILES string of the molecule is COC(=O)c1cc(S(=O)(=O)N2CCC(CN)C2)cs1.Cl. The van der Waals surface area contributed by atoms with Crippen LogP contribution in [0.2, 0.25) is 0 Å². The van der Waals surface area contributed by atoms with E-state index in [1.165, 1.54) is 22.9 Å². The van der Waals surface area contributed by atoms with Crippen LogP contribution < -0.4 is 5.73 Å². The summed E-state index contributed by atoms with van der Waals surface area (Å²) in [4.78, 5) is 11.8. The monoisotopic (exact) mass is 340 g/mol. The number of sulfonamides is 1. The number of hydrogen-bond donors (Lipinski definition) is 1. The van der Waals surface area contributed by atoms with Gasteiger partial charge in [-0.3, -0.25) is 0 Å². The van der Waals surface area contributed by atoms with Gasteiger partial charge >= 0.3 is 5.97 Å². The first kappa shape index (κ1) is 17.4. The van der Waals surface area contributed by atoms with Gasteiger partial charge in [0, 0.05) is 18.5 Å². The zero-order valence-electron chi connectivity index (χ0n) is 10.9. The van der Waals surface area contributed by atoms with Gasteiger partial charge in [0.05, 0.1) is 12.0 Å². The minimum atomic E-state index is -3.52. The molecule has 1 saturated heterocycles. The van der Waals surface area contributed by atoms with Gasteiger partial charge in [-0.05, 0) is 24.9 Å². The number of ether oxygens (including phenoxy) is 1. The van der Waals surface area contributed by atoms with Crippen LogP contribution in [0.25, 0.3) is 0 Å². The van der Waals surface area contributed by atoms with Gasteiger partial charge in [-0.25, -0.2) is 13.2 Å². The predicted octanol–water partition coefficient (Wildman–Crippen LogP) is 0.926. The second-order valence-electron chi connectivity index (χ2n) is 4.39. The molecule has 20 heavy (non-hydrogen) atoms. The zero-order valence-corrected chi connectivity index (χ0v) is 13.4. The number of methoxy groups -OCH3 is 1. The third-order valence-electron chi connectivity index (χ3n) is 3.18. The van der Waals surface area contributed by atoms with E-state index in [0.717, 1.165) is 17.8 Å². The lowest BCUT2D eigenvalue weighted by Gasteiger charge is -2.15. The third-order valence-corrected chi connectivity index (χ3v) is 6.08. The van der Waals surface area contributed by atoms with E-state index in [4.69, 9.17) is 5.73 Å². The second kappa shape index (κ2) is 6.86. The van der Waals surface area contributed by atoms with E-state index in [0.29, 0.717) is 19.6 Å². The highest BCUT2D eigenvalue weighted by Gasteiger charge is 2.32. The zero-order chi connectivity index (χ0) is 14.0. The molecule has 1 atom stereocenters. The fraction of sp³-hybridized carbons (Fsp3) is 0.545. The van der Waals surface area contributed by atoms with Gasteiger partial charge in [-0.1, -0.05) is 0 Å². The average Bonchev–Trinajstić information content (AvgIpc) is 3.06. The van der Waals surface area contributed by atoms with Crippen LogP contribution in [0.4, 0.5) is 0 Å². The van der Waals surface area contributed by atoms with E-state index in [1.807, 2.05) is 0 Å². The first-order valence-electron chi connectivity index (χ1n) is 5.86. The summed E-state index contributed by atoms with van der Waals surface area (Å²) in [6, 6.07) is 1.36. The molecular weight excluding hydrogens is 324 g/mol. The molecule has 114 valence electrons. The van der Waals surface area contributed by atoms with Crippen LogP contribution in [-0.4, -0.2) is 45.4 Å². The van der Waals surface area contributed by atoms with Crippen LogP contribution in [0.15, 0.2) is 16.3 Å². The highest BCUT2D eigenvalue weighted by Crippen LogP contribution is 2.27. The van der Waals surface area contributed by atoms with Crippen molar-refractivity contribution in [3.8, 4) is 0 Å². The highest BCUT2D eigenvalue weighted by atomic mass is 35.5. The summed E-state index contributed by atoms with van der Waals surface area (Å²) in [6.07, 6.45) is 0.781. The molecule has 0 radical (unpaired) electrons. The maximum atomic E-state index is 12.4. The Kier molecular flexibility index (Phi) is 5.96. The number of rotatable bonds is 4. The fourth-order valence-corrected chi connectivity index (χ4v) is 4.73. The van der Waals surface area contributed by atoms with Gasteiger partial charge in [0.15, 0.2) is 0 Å². The van der Waals surface area contributed by atoms with Crippen LogP contribution in [0.3, 0.4) is 0 Å². The van der Waals surface area contributed by atoms with Crippen LogP contribution in [-0.2, 0) is 14.8 Å². The molecule has 0 bridgehead atoms. The number of carbonyl (C=O) groups excluding carboxylic acids is 1. The van der Waals surface area contributed by atoms with E-state index in [1.54, 1.807) is 0 Å². The molecule has 1 fully saturated rings. The number of nitrogens with zero attached hydrogens (tertiary/aromatic N) is 1. The lowest BCUT2D eigenvalue weighted by atomic mass is 10.1. The van der Waals surface area contributed by atoms with E-state index >= 15 is 0 Å². The second-order valence-corrected chi connectivity index (χ2v) is 7.24. The van der Waals surface area contributed by atoms with Crippen molar-refractivity contribution in [3.05, 3.63) is 16.3 Å². The molecule has 1 unspecified atom stereocenters. The molecule has 1 aliphatic heterocycles. The molecule has 2 N–H and O–H groups in total. The molecule has 0 saturated carbocycles. The molecule has 0 aromatic carbocycles. The standard InChI is InChI=1S/C11H16N2O4S2.ClH/c1-17-11(14)10-4-9(7-18-10)19(15,16)13-3-2-8(5-12)6-13;/h4,7-8H,2-3,5-6,12H2,1H3;1H. The molecular formula is C11H17ClN2O4S2. The summed E-state index contributed by atoms with van der Waals surface area (Å²) >= 11 is 1.07. The quantitative estimate of drug-likeness (QED) is 0.823. The van der Waals surface area contributed by atoms with E-state index in [-0.39, 0.29) is 28.1 Å². The Morgan fingerprint density at radius 3 is 2.85 bits per heavy atom. The van der Waals surface area contributed by atoms with Crippen molar-refractivity contribution in [1.29, 1.82) is 0 Å². The predicted molar refractivity (Wildman–Crippen MR) is 78.8 cm³/mol. The van der Waals surface area contributed by atoms with Gasteiger partial charge in [0.1, 0.15) is 4.88 Å². The minimum absolute atomic E-state index is 0. The molecule has 0 spiro atoms. The summed E-state index contributed by atoms with van der Waals surface area (Å²) in [7, 11) is -2.26. The third kappa shape index (κ3) is 3.32. The summed E-state index contributed by atoms with van der Waals surface area (Å²) in [5, 5.41) is 1.47. The number of nitrogens with two attached hydrogens (primary N) is 1. The van der Waals surface area contributed by atoms with Crippen molar-refractivity contribution in [2.75, 3.05) is 26.7 Å². The first-order chi connectivity index (χ1) is 8.98. The van der Waals surface area contributed by atoms with Gasteiger partial charge in [0.25, 0.3) is 0 Å². The molecule has 6 nitrogen and oxygen atoms in total. The summed E-state index contributed by atoms with van der Waals surface area (Å²) < 4.78 is 30.7. The van der Waals surface area contributed by atoms with Crippen molar-refractivity contribution in [2.24, 2.45) is 11.7 Å². The number of halogens is 1. The average molecular weight is 341 g/mol. The van der Waals surface area contributed by atoms with Crippen LogP contribution >= 0.6 is 23.7 Å². The molecule has 9 heteroatoms. The Bertz CT molecular complexity index is 573. The summed E-state index contributed by atoms with van der Waals surface area (Å²) in [6.45, 7) is 1.42. The Hall–Kier alpha value is -0.670. The molecule has 2 rings (SSSR count). The van der Waals surface area contributed by atoms with E-state index < -0.39 is 16.0 Å². The number of carbonyl (C=O) groups is 1. The molecule has 1 aromatic rings. The normalized spacial score (nSPS) is 19.6. The largest absolute Gasteiger partial charge is 0.465 e. The van der Waals surface area contributed by atoms with Crippen molar-refractivity contribution in [2.45, 2.75) is 11.3 Å². The molecule has 1 aromatic heterocycles. The van der Waals surface area contributed by atoms with Gasteiger partial charge in [0.2, 0.25) is 10.0 Å². The Morgan fingerprint density at radius 2 is 2.30 bits per heavy atom. The molecule has 0 aliphatic carbocycles. The number of thiophene rings is 1. The van der Waals surface area contributed by atoms with Crippen LogP contribution in [0, 0.1) is 5.92 Å². The maximum Gasteiger partial charge on any atom is 0.348 e. The topological polar surface area (TPSA) is 89.7 Å². The highest BCUT2D eigenvalue weighted by molar-refractivity contribution is 7.89. The van der Waals surface area contributed by atoms with Crippen molar-refractivity contribution >= 4 is 39.7 Å². The fourth-order valence-electron chi connectivity index (χ4n) is 2.02. The maximum absolute atomic E-state index is 12.4. The summed E-state index contributed by atoms with van der Waals surface area (Å²) in [5.41, 5.74) is 5.56. The first-order valence-corrected chi connectivity index (χ1v) is 8.18. The molecule has 2 heterocycles. The minimum Gasteiger partial charge on any atom is -0.465 e. The van der Waals surface area contributed by atoms with Crippen molar-refractivity contribution < 1.29 is 17.9 Å². The Morgan fingerprint density at radius 1 is 1.60 bits per heavy atom. The lowest BCUT2D eigenvalue weighted by molar-refractivity contribution is 0.0606. The van der Waals surface area contributed by atoms with Crippen molar-refractivity contribution in [1.82, 2.24) is 4.31 Å². The van der Waals surface area contributed by atoms with Crippen LogP contribution in [0.5, 0.6) is 0 Å². The molecule has 1 aliphatic rings. The number of hydrogen-bond acceptors (Lipinski definition) is 6. The van der Waals surface area contributed by atoms with E-state index in [9.17, 15) is 13.2 Å². The van der Waals surface area contributed by atoms with Crippen molar-refractivity contribution in [3.63, 3.8) is 0 Å². The lowest BCUT2D eigenvalue weighted by Crippen LogP contribution is -2.29. The number of esters is 1. The smallest absolute Gasteiger partial charge is 0.348 e. The van der Waals surface area contributed by atoms with E-state index in [2.05, 4.69) is 4.74 Å².